The summed E-state index contributed by atoms with van der Waals surface area (Å²) in [5, 5.41) is 19.6. The molecule has 0 fully saturated rings. The van der Waals surface area contributed by atoms with Gasteiger partial charge in [0.1, 0.15) is 11.3 Å². The molecule has 1 unspecified atom stereocenters. The van der Waals surface area contributed by atoms with E-state index in [9.17, 15) is 5.11 Å². The number of benzene rings is 1. The van der Waals surface area contributed by atoms with Gasteiger partial charge in [-0.1, -0.05) is 12.1 Å². The third kappa shape index (κ3) is 2.39. The molecule has 1 aromatic heterocycles. The highest BCUT2D eigenvalue weighted by atomic mass is 16.5. The highest BCUT2D eigenvalue weighted by Gasteiger charge is 2.31. The summed E-state index contributed by atoms with van der Waals surface area (Å²) in [4.78, 5) is 8.15. The van der Waals surface area contributed by atoms with E-state index in [1.54, 1.807) is 31.2 Å². The van der Waals surface area contributed by atoms with Crippen LogP contribution in [0, 0.1) is 11.3 Å². The minimum atomic E-state index is -1.38. The van der Waals surface area contributed by atoms with Gasteiger partial charge in [-0.05, 0) is 24.6 Å². The fourth-order valence-corrected chi connectivity index (χ4v) is 1.84. The van der Waals surface area contributed by atoms with Crippen molar-refractivity contribution in [3.63, 3.8) is 0 Å². The van der Waals surface area contributed by atoms with Crippen LogP contribution in [0.25, 0.3) is 0 Å². The summed E-state index contributed by atoms with van der Waals surface area (Å²) in [6.07, 6.45) is 2.98. The second-order valence-electron chi connectivity index (χ2n) is 4.18. The van der Waals surface area contributed by atoms with Crippen molar-refractivity contribution in [2.75, 3.05) is 7.11 Å². The molecule has 2 rings (SSSR count). The third-order valence-electron chi connectivity index (χ3n) is 2.87. The number of aliphatic hydroxyl groups is 1. The summed E-state index contributed by atoms with van der Waals surface area (Å²) in [5.74, 6) is 0.259. The molecule has 0 saturated carbocycles. The zero-order chi connectivity index (χ0) is 13.9. The van der Waals surface area contributed by atoms with Crippen LogP contribution in [0.2, 0.25) is 0 Å². The summed E-state index contributed by atoms with van der Waals surface area (Å²) in [5.41, 5.74) is -0.0366. The maximum atomic E-state index is 10.7. The molecule has 0 radical (unpaired) electrons. The Bertz CT molecular complexity index is 633. The van der Waals surface area contributed by atoms with Gasteiger partial charge in [0.2, 0.25) is 5.88 Å². The molecule has 0 aliphatic rings. The Morgan fingerprint density at radius 1 is 1.32 bits per heavy atom. The lowest BCUT2D eigenvalue weighted by molar-refractivity contribution is 0.0929. The molecular weight excluding hydrogens is 242 g/mol. The van der Waals surface area contributed by atoms with Crippen molar-refractivity contribution in [3.05, 3.63) is 53.5 Å². The molecule has 0 amide bonds. The van der Waals surface area contributed by atoms with E-state index in [1.807, 2.05) is 6.07 Å². The highest BCUT2D eigenvalue weighted by molar-refractivity contribution is 5.41. The predicted octanol–water partition coefficient (Wildman–Crippen LogP) is 1.61. The van der Waals surface area contributed by atoms with Gasteiger partial charge in [0, 0.05) is 12.4 Å². The van der Waals surface area contributed by atoms with Gasteiger partial charge in [0.15, 0.2) is 0 Å². The monoisotopic (exact) mass is 255 g/mol. The maximum absolute atomic E-state index is 10.7. The van der Waals surface area contributed by atoms with E-state index in [1.165, 1.54) is 19.5 Å². The maximum Gasteiger partial charge on any atom is 0.238 e. The van der Waals surface area contributed by atoms with E-state index in [4.69, 9.17) is 10.00 Å². The first-order valence-corrected chi connectivity index (χ1v) is 5.68. The number of nitriles is 1. The average Bonchev–Trinajstić information content (AvgIpc) is 2.47. The van der Waals surface area contributed by atoms with Crippen molar-refractivity contribution in [1.29, 1.82) is 5.26 Å². The Morgan fingerprint density at radius 3 is 2.74 bits per heavy atom. The van der Waals surface area contributed by atoms with Crippen molar-refractivity contribution in [2.24, 2.45) is 0 Å². The molecule has 0 aliphatic heterocycles. The number of methoxy groups -OCH3 is 1. The van der Waals surface area contributed by atoms with Gasteiger partial charge in [-0.25, -0.2) is 4.98 Å². The van der Waals surface area contributed by atoms with Crippen molar-refractivity contribution in [2.45, 2.75) is 12.5 Å². The molecule has 0 bridgehead atoms. The minimum Gasteiger partial charge on any atom is -0.480 e. The van der Waals surface area contributed by atoms with E-state index >= 15 is 0 Å². The van der Waals surface area contributed by atoms with Gasteiger partial charge in [-0.15, -0.1) is 0 Å². The molecule has 2 aromatic rings. The van der Waals surface area contributed by atoms with Crippen LogP contribution in [0.15, 0.2) is 36.7 Å². The van der Waals surface area contributed by atoms with Gasteiger partial charge in [0.05, 0.1) is 18.7 Å². The van der Waals surface area contributed by atoms with Crippen LogP contribution in [0.1, 0.15) is 23.7 Å². The molecule has 0 saturated heterocycles. The fraction of sp³-hybridized carbons (Fsp3) is 0.214. The van der Waals surface area contributed by atoms with Gasteiger partial charge in [0.25, 0.3) is 0 Å². The lowest BCUT2D eigenvalue weighted by Gasteiger charge is -2.24. The summed E-state index contributed by atoms with van der Waals surface area (Å²) < 4.78 is 5.11. The first-order chi connectivity index (χ1) is 9.09. The SMILES string of the molecule is COc1nccnc1C(C)(O)c1cccc(C#N)c1. The summed E-state index contributed by atoms with van der Waals surface area (Å²) in [6.45, 7) is 1.59. The predicted molar refractivity (Wildman–Crippen MR) is 68.4 cm³/mol. The number of hydrogen-bond acceptors (Lipinski definition) is 5. The Kier molecular flexibility index (Phi) is 3.45. The second kappa shape index (κ2) is 5.04. The van der Waals surface area contributed by atoms with Crippen LogP contribution in [0.5, 0.6) is 5.88 Å². The molecule has 1 N–H and O–H groups in total. The molecule has 0 aliphatic carbocycles. The van der Waals surface area contributed by atoms with E-state index < -0.39 is 5.60 Å². The van der Waals surface area contributed by atoms with Gasteiger partial charge >= 0.3 is 0 Å². The molecule has 0 spiro atoms. The van der Waals surface area contributed by atoms with E-state index in [0.717, 1.165) is 0 Å². The minimum absolute atomic E-state index is 0.259. The molecule has 1 atom stereocenters. The lowest BCUT2D eigenvalue weighted by atomic mass is 9.91. The Labute approximate surface area is 111 Å². The standard InChI is InChI=1S/C14H13N3O2/c1-14(18,11-5-3-4-10(8-11)9-15)12-13(19-2)17-7-6-16-12/h3-8,18H,1-2H3. The number of nitrogens with zero attached hydrogens (tertiary/aromatic N) is 3. The van der Waals surface area contributed by atoms with Crippen molar-refractivity contribution >= 4 is 0 Å². The molecule has 96 valence electrons. The van der Waals surface area contributed by atoms with Crippen LogP contribution in [-0.4, -0.2) is 22.2 Å². The quantitative estimate of drug-likeness (QED) is 0.901. The summed E-state index contributed by atoms with van der Waals surface area (Å²) in [6, 6.07) is 8.78. The largest absolute Gasteiger partial charge is 0.480 e. The Balaban J connectivity index is 2.55. The van der Waals surface area contributed by atoms with Crippen molar-refractivity contribution < 1.29 is 9.84 Å². The topological polar surface area (TPSA) is 79.0 Å². The van der Waals surface area contributed by atoms with Crippen LogP contribution < -0.4 is 4.74 Å². The lowest BCUT2D eigenvalue weighted by Crippen LogP contribution is -2.25. The fourth-order valence-electron chi connectivity index (χ4n) is 1.84. The molecule has 1 heterocycles. The average molecular weight is 255 g/mol. The zero-order valence-corrected chi connectivity index (χ0v) is 10.7. The Morgan fingerprint density at radius 2 is 2.05 bits per heavy atom. The van der Waals surface area contributed by atoms with Crippen molar-refractivity contribution in [3.8, 4) is 11.9 Å². The smallest absolute Gasteiger partial charge is 0.238 e. The zero-order valence-electron chi connectivity index (χ0n) is 10.7. The number of rotatable bonds is 3. The highest BCUT2D eigenvalue weighted by Crippen LogP contribution is 2.32. The van der Waals surface area contributed by atoms with Gasteiger partial charge < -0.3 is 9.84 Å². The van der Waals surface area contributed by atoms with Gasteiger partial charge in [-0.3, -0.25) is 4.98 Å². The van der Waals surface area contributed by atoms with E-state index in [-0.39, 0.29) is 5.88 Å². The van der Waals surface area contributed by atoms with Crippen LogP contribution in [0.3, 0.4) is 0 Å². The first-order valence-electron chi connectivity index (χ1n) is 5.68. The molecular formula is C14H13N3O2. The molecule has 5 nitrogen and oxygen atoms in total. The molecule has 1 aromatic carbocycles. The first kappa shape index (κ1) is 13.0. The summed E-state index contributed by atoms with van der Waals surface area (Å²) in [7, 11) is 1.47. The normalized spacial score (nSPS) is 13.4. The van der Waals surface area contributed by atoms with Crippen LogP contribution in [-0.2, 0) is 5.60 Å². The van der Waals surface area contributed by atoms with Crippen LogP contribution in [0.4, 0.5) is 0 Å². The van der Waals surface area contributed by atoms with Gasteiger partial charge in [-0.2, -0.15) is 5.26 Å². The number of aromatic nitrogens is 2. The van der Waals surface area contributed by atoms with E-state index in [2.05, 4.69) is 9.97 Å². The molecule has 19 heavy (non-hydrogen) atoms. The number of ether oxygens (including phenoxy) is 1. The molecule has 5 heteroatoms. The number of hydrogen-bond donors (Lipinski definition) is 1. The van der Waals surface area contributed by atoms with Crippen LogP contribution >= 0.6 is 0 Å². The third-order valence-corrected chi connectivity index (χ3v) is 2.87. The Hall–Kier alpha value is -2.45. The summed E-state index contributed by atoms with van der Waals surface area (Å²) >= 11 is 0. The van der Waals surface area contributed by atoms with E-state index in [0.29, 0.717) is 16.8 Å². The second-order valence-corrected chi connectivity index (χ2v) is 4.18. The van der Waals surface area contributed by atoms with Crippen molar-refractivity contribution in [1.82, 2.24) is 9.97 Å².